The highest BCUT2D eigenvalue weighted by atomic mass is 16.1. The Kier molecular flexibility index (Phi) is 3.36. The Hall–Kier alpha value is -2.76. The molecule has 20 heavy (non-hydrogen) atoms. The van der Waals surface area contributed by atoms with Crippen LogP contribution in [0.3, 0.4) is 0 Å². The molecule has 0 unspecified atom stereocenters. The normalized spacial score (nSPS) is 10.6. The van der Waals surface area contributed by atoms with Crippen molar-refractivity contribution >= 4 is 11.6 Å². The molecule has 3 heterocycles. The summed E-state index contributed by atoms with van der Waals surface area (Å²) in [5, 5.41) is 6.94. The van der Waals surface area contributed by atoms with E-state index in [1.165, 1.54) is 6.20 Å². The maximum Gasteiger partial charge on any atom is 0.256 e. The minimum atomic E-state index is -0.172. The van der Waals surface area contributed by atoms with Gasteiger partial charge in [-0.25, -0.2) is 9.50 Å². The molecule has 0 atom stereocenters. The van der Waals surface area contributed by atoms with Gasteiger partial charge in [0.2, 0.25) is 0 Å². The number of carbonyl (C=O) groups excluding carboxylic acids is 1. The Morgan fingerprint density at radius 1 is 1.20 bits per heavy atom. The Labute approximate surface area is 115 Å². The van der Waals surface area contributed by atoms with Crippen LogP contribution in [-0.4, -0.2) is 32.0 Å². The Bertz CT molecular complexity index is 723. The number of carbonyl (C=O) groups is 1. The lowest BCUT2D eigenvalue weighted by molar-refractivity contribution is 0.0955. The number of pyridine rings is 1. The molecule has 0 aliphatic heterocycles. The largest absolute Gasteiger partial charge is 0.351 e. The molecule has 1 N–H and O–H groups in total. The number of fused-ring (bicyclic) bond motifs is 1. The molecule has 6 nitrogen and oxygen atoms in total. The van der Waals surface area contributed by atoms with Crippen molar-refractivity contribution in [2.75, 3.05) is 6.54 Å². The molecule has 3 aromatic rings. The Morgan fingerprint density at radius 2 is 2.10 bits per heavy atom. The molecule has 0 saturated heterocycles. The van der Waals surface area contributed by atoms with Crippen LogP contribution in [0.25, 0.3) is 5.65 Å². The zero-order chi connectivity index (χ0) is 13.8. The Balaban J connectivity index is 1.65. The number of amides is 1. The van der Waals surface area contributed by atoms with E-state index in [-0.39, 0.29) is 5.91 Å². The van der Waals surface area contributed by atoms with Gasteiger partial charge in [0, 0.05) is 37.3 Å². The first-order chi connectivity index (χ1) is 9.84. The molecular formula is C14H13N5O. The molecule has 0 aliphatic rings. The zero-order valence-electron chi connectivity index (χ0n) is 10.7. The molecule has 3 aromatic heterocycles. The van der Waals surface area contributed by atoms with Crippen LogP contribution in [-0.2, 0) is 6.42 Å². The monoisotopic (exact) mass is 267 g/mol. The lowest BCUT2D eigenvalue weighted by Gasteiger charge is -2.03. The first-order valence-corrected chi connectivity index (χ1v) is 6.31. The van der Waals surface area contributed by atoms with Crippen LogP contribution in [0.4, 0.5) is 0 Å². The predicted octanol–water partition coefficient (Wildman–Crippen LogP) is 1.10. The summed E-state index contributed by atoms with van der Waals surface area (Å²) in [5.74, 6) is -0.172. The van der Waals surface area contributed by atoms with E-state index in [2.05, 4.69) is 20.4 Å². The summed E-state index contributed by atoms with van der Waals surface area (Å²) in [6, 6.07) is 7.50. The van der Waals surface area contributed by atoms with Crippen LogP contribution in [0.2, 0.25) is 0 Å². The lowest BCUT2D eigenvalue weighted by atomic mass is 10.2. The van der Waals surface area contributed by atoms with E-state index in [4.69, 9.17) is 0 Å². The third-order valence-corrected chi connectivity index (χ3v) is 2.92. The highest BCUT2D eigenvalue weighted by Gasteiger charge is 2.12. The second-order valence-corrected chi connectivity index (χ2v) is 4.27. The van der Waals surface area contributed by atoms with E-state index >= 15 is 0 Å². The van der Waals surface area contributed by atoms with Gasteiger partial charge in [0.25, 0.3) is 5.91 Å². The van der Waals surface area contributed by atoms with Gasteiger partial charge in [0.1, 0.15) is 5.56 Å². The quantitative estimate of drug-likeness (QED) is 0.768. The average molecular weight is 267 g/mol. The summed E-state index contributed by atoms with van der Waals surface area (Å²) < 4.78 is 1.58. The minimum absolute atomic E-state index is 0.172. The predicted molar refractivity (Wildman–Crippen MR) is 73.3 cm³/mol. The molecule has 100 valence electrons. The Morgan fingerprint density at radius 3 is 2.95 bits per heavy atom. The van der Waals surface area contributed by atoms with Gasteiger partial charge >= 0.3 is 0 Å². The van der Waals surface area contributed by atoms with Crippen molar-refractivity contribution in [3.8, 4) is 0 Å². The van der Waals surface area contributed by atoms with Gasteiger partial charge in [-0.05, 0) is 18.2 Å². The molecule has 0 saturated carbocycles. The minimum Gasteiger partial charge on any atom is -0.351 e. The SMILES string of the molecule is O=C(NCCc1ccccn1)c1cnn2cccnc12. The van der Waals surface area contributed by atoms with Crippen molar-refractivity contribution in [1.29, 1.82) is 0 Å². The molecule has 0 aliphatic carbocycles. The van der Waals surface area contributed by atoms with Crippen molar-refractivity contribution in [3.63, 3.8) is 0 Å². The van der Waals surface area contributed by atoms with E-state index in [1.54, 1.807) is 29.2 Å². The van der Waals surface area contributed by atoms with Gasteiger partial charge in [-0.2, -0.15) is 5.10 Å². The van der Waals surface area contributed by atoms with Crippen LogP contribution in [0, 0.1) is 0 Å². The molecule has 6 heteroatoms. The van der Waals surface area contributed by atoms with Crippen LogP contribution in [0.5, 0.6) is 0 Å². The maximum absolute atomic E-state index is 12.1. The van der Waals surface area contributed by atoms with Gasteiger partial charge < -0.3 is 5.32 Å². The van der Waals surface area contributed by atoms with E-state index in [1.807, 2.05) is 18.2 Å². The molecule has 1 amide bonds. The third kappa shape index (κ3) is 2.49. The van der Waals surface area contributed by atoms with Crippen molar-refractivity contribution in [3.05, 3.63) is 60.3 Å². The van der Waals surface area contributed by atoms with Gasteiger partial charge in [0.15, 0.2) is 5.65 Å². The van der Waals surface area contributed by atoms with Crippen molar-refractivity contribution in [2.24, 2.45) is 0 Å². The maximum atomic E-state index is 12.1. The summed E-state index contributed by atoms with van der Waals surface area (Å²) in [7, 11) is 0. The molecule has 0 spiro atoms. The number of nitrogens with one attached hydrogen (secondary N) is 1. The molecule has 0 fully saturated rings. The third-order valence-electron chi connectivity index (χ3n) is 2.92. The second-order valence-electron chi connectivity index (χ2n) is 4.27. The molecule has 3 rings (SSSR count). The summed E-state index contributed by atoms with van der Waals surface area (Å²) in [5.41, 5.74) is 1.99. The highest BCUT2D eigenvalue weighted by molar-refractivity contribution is 5.99. The fraction of sp³-hybridized carbons (Fsp3) is 0.143. The van der Waals surface area contributed by atoms with Gasteiger partial charge in [-0.3, -0.25) is 9.78 Å². The van der Waals surface area contributed by atoms with Crippen LogP contribution < -0.4 is 5.32 Å². The van der Waals surface area contributed by atoms with E-state index in [9.17, 15) is 4.79 Å². The molecule has 0 bridgehead atoms. The fourth-order valence-electron chi connectivity index (χ4n) is 1.93. The highest BCUT2D eigenvalue weighted by Crippen LogP contribution is 2.06. The summed E-state index contributed by atoms with van der Waals surface area (Å²) in [6.45, 7) is 0.528. The molecular weight excluding hydrogens is 254 g/mol. The number of hydrogen-bond acceptors (Lipinski definition) is 4. The first-order valence-electron chi connectivity index (χ1n) is 6.31. The fourth-order valence-corrected chi connectivity index (χ4v) is 1.93. The van der Waals surface area contributed by atoms with E-state index < -0.39 is 0 Å². The molecule has 0 radical (unpaired) electrons. The average Bonchev–Trinajstić information content (AvgIpc) is 2.92. The van der Waals surface area contributed by atoms with Gasteiger partial charge in [-0.1, -0.05) is 6.07 Å². The van der Waals surface area contributed by atoms with Crippen LogP contribution in [0.1, 0.15) is 16.1 Å². The summed E-state index contributed by atoms with van der Waals surface area (Å²) in [4.78, 5) is 20.4. The van der Waals surface area contributed by atoms with Crippen molar-refractivity contribution in [1.82, 2.24) is 24.9 Å². The van der Waals surface area contributed by atoms with E-state index in [0.717, 1.165) is 5.69 Å². The smallest absolute Gasteiger partial charge is 0.256 e. The van der Waals surface area contributed by atoms with Crippen LogP contribution in [0.15, 0.2) is 49.1 Å². The second kappa shape index (κ2) is 5.48. The topological polar surface area (TPSA) is 72.2 Å². The zero-order valence-corrected chi connectivity index (χ0v) is 10.7. The standard InChI is InChI=1S/C14H13N5O/c20-14(17-8-5-11-4-1-2-6-15-11)12-10-18-19-9-3-7-16-13(12)19/h1-4,6-7,9-10H,5,8H2,(H,17,20). The summed E-state index contributed by atoms with van der Waals surface area (Å²) >= 11 is 0. The number of hydrogen-bond donors (Lipinski definition) is 1. The first kappa shape index (κ1) is 12.3. The lowest BCUT2D eigenvalue weighted by Crippen LogP contribution is -2.25. The number of nitrogens with zero attached hydrogens (tertiary/aromatic N) is 4. The van der Waals surface area contributed by atoms with E-state index in [0.29, 0.717) is 24.2 Å². The van der Waals surface area contributed by atoms with Gasteiger partial charge in [0.05, 0.1) is 6.20 Å². The summed E-state index contributed by atoms with van der Waals surface area (Å²) in [6.07, 6.45) is 7.36. The van der Waals surface area contributed by atoms with Crippen LogP contribution >= 0.6 is 0 Å². The van der Waals surface area contributed by atoms with Gasteiger partial charge in [-0.15, -0.1) is 0 Å². The molecule has 0 aromatic carbocycles. The van der Waals surface area contributed by atoms with Crippen molar-refractivity contribution in [2.45, 2.75) is 6.42 Å². The van der Waals surface area contributed by atoms with Crippen molar-refractivity contribution < 1.29 is 4.79 Å². The number of aromatic nitrogens is 4. The number of rotatable bonds is 4.